The van der Waals surface area contributed by atoms with E-state index in [4.69, 9.17) is 0 Å². The summed E-state index contributed by atoms with van der Waals surface area (Å²) in [6.07, 6.45) is 0.772. The molecule has 1 N–H and O–H groups in total. The van der Waals surface area contributed by atoms with Gasteiger partial charge in [0.25, 0.3) is 0 Å². The SMILES string of the molecule is CC(C)(C)CC(C)(C)n1[nH]c(=O)n(-c2ccccc2)c1=O. The number of H-pyrrole nitrogens is 1. The van der Waals surface area contributed by atoms with Gasteiger partial charge in [0.15, 0.2) is 0 Å². The van der Waals surface area contributed by atoms with Gasteiger partial charge in [-0.2, -0.15) is 0 Å². The van der Waals surface area contributed by atoms with E-state index in [-0.39, 0.29) is 11.1 Å². The summed E-state index contributed by atoms with van der Waals surface area (Å²) in [6, 6.07) is 8.95. The van der Waals surface area contributed by atoms with E-state index in [1.807, 2.05) is 19.9 Å². The van der Waals surface area contributed by atoms with Crippen LogP contribution in [0.2, 0.25) is 0 Å². The highest BCUT2D eigenvalue weighted by Gasteiger charge is 2.30. The van der Waals surface area contributed by atoms with Crippen LogP contribution in [0.25, 0.3) is 5.69 Å². The van der Waals surface area contributed by atoms with Crippen LogP contribution in [0.5, 0.6) is 0 Å². The first kappa shape index (κ1) is 15.4. The Morgan fingerprint density at radius 3 is 2.10 bits per heavy atom. The topological polar surface area (TPSA) is 59.8 Å². The quantitative estimate of drug-likeness (QED) is 0.943. The Morgan fingerprint density at radius 2 is 1.57 bits per heavy atom. The molecule has 0 aliphatic carbocycles. The van der Waals surface area contributed by atoms with Crippen LogP contribution in [-0.2, 0) is 5.54 Å². The zero-order valence-electron chi connectivity index (χ0n) is 13.3. The summed E-state index contributed by atoms with van der Waals surface area (Å²) >= 11 is 0. The highest BCUT2D eigenvalue weighted by Crippen LogP contribution is 2.30. The lowest BCUT2D eigenvalue weighted by molar-refractivity contribution is 0.192. The average Bonchev–Trinajstić information content (AvgIpc) is 2.64. The molecule has 21 heavy (non-hydrogen) atoms. The molecule has 5 nitrogen and oxygen atoms in total. The summed E-state index contributed by atoms with van der Waals surface area (Å²) in [5.41, 5.74) is -0.578. The molecule has 0 saturated heterocycles. The Labute approximate surface area is 124 Å². The Kier molecular flexibility index (Phi) is 3.70. The van der Waals surface area contributed by atoms with E-state index < -0.39 is 11.2 Å². The molecule has 0 saturated carbocycles. The van der Waals surface area contributed by atoms with Crippen LogP contribution in [0.15, 0.2) is 39.9 Å². The third-order valence-corrected chi connectivity index (χ3v) is 3.38. The summed E-state index contributed by atoms with van der Waals surface area (Å²) in [5, 5.41) is 2.69. The van der Waals surface area contributed by atoms with Crippen LogP contribution in [0.1, 0.15) is 41.0 Å². The standard InChI is InChI=1S/C16H23N3O2/c1-15(2,3)11-16(4,5)19-14(21)18(13(20)17-19)12-9-7-6-8-10-12/h6-10H,11H2,1-5H3,(H,17,20). The molecule has 0 aliphatic rings. The van der Waals surface area contributed by atoms with Gasteiger partial charge in [-0.25, -0.2) is 23.9 Å². The minimum atomic E-state index is -0.464. The van der Waals surface area contributed by atoms with Crippen LogP contribution in [0.3, 0.4) is 0 Å². The van der Waals surface area contributed by atoms with Crippen molar-refractivity contribution in [3.63, 3.8) is 0 Å². The third-order valence-electron chi connectivity index (χ3n) is 3.38. The van der Waals surface area contributed by atoms with Crippen LogP contribution in [0.4, 0.5) is 0 Å². The second-order valence-electron chi connectivity index (χ2n) is 7.26. The van der Waals surface area contributed by atoms with E-state index in [0.29, 0.717) is 5.69 Å². The molecule has 0 fully saturated rings. The zero-order valence-corrected chi connectivity index (χ0v) is 13.3. The minimum Gasteiger partial charge on any atom is -0.246 e. The van der Waals surface area contributed by atoms with Gasteiger partial charge < -0.3 is 0 Å². The van der Waals surface area contributed by atoms with Crippen molar-refractivity contribution < 1.29 is 0 Å². The van der Waals surface area contributed by atoms with Gasteiger partial charge in [-0.1, -0.05) is 39.0 Å². The second-order valence-corrected chi connectivity index (χ2v) is 7.26. The number of nitrogens with one attached hydrogen (secondary N) is 1. The number of para-hydroxylation sites is 1. The van der Waals surface area contributed by atoms with Gasteiger partial charge >= 0.3 is 11.4 Å². The van der Waals surface area contributed by atoms with Crippen molar-refractivity contribution in [2.24, 2.45) is 5.41 Å². The van der Waals surface area contributed by atoms with Crippen LogP contribution >= 0.6 is 0 Å². The maximum atomic E-state index is 12.6. The fourth-order valence-corrected chi connectivity index (χ4v) is 2.97. The highest BCUT2D eigenvalue weighted by molar-refractivity contribution is 5.30. The number of hydrogen-bond acceptors (Lipinski definition) is 2. The van der Waals surface area contributed by atoms with E-state index in [9.17, 15) is 9.59 Å². The molecule has 0 aliphatic heterocycles. The molecule has 0 radical (unpaired) electrons. The maximum Gasteiger partial charge on any atom is 0.352 e. The van der Waals surface area contributed by atoms with Crippen molar-refractivity contribution in [3.05, 3.63) is 51.3 Å². The number of benzene rings is 1. The lowest BCUT2D eigenvalue weighted by Gasteiger charge is -2.32. The van der Waals surface area contributed by atoms with Gasteiger partial charge in [0.2, 0.25) is 0 Å². The first-order valence-corrected chi connectivity index (χ1v) is 7.12. The van der Waals surface area contributed by atoms with Crippen molar-refractivity contribution in [1.29, 1.82) is 0 Å². The normalized spacial score (nSPS) is 12.6. The lowest BCUT2D eigenvalue weighted by atomic mass is 9.82. The molecule has 2 rings (SSSR count). The maximum absolute atomic E-state index is 12.6. The molecular formula is C16H23N3O2. The monoisotopic (exact) mass is 289 g/mol. The van der Waals surface area contributed by atoms with Gasteiger partial charge in [-0.15, -0.1) is 0 Å². The van der Waals surface area contributed by atoms with Crippen molar-refractivity contribution >= 4 is 0 Å². The van der Waals surface area contributed by atoms with Crippen molar-refractivity contribution in [2.45, 2.75) is 46.6 Å². The van der Waals surface area contributed by atoms with Crippen molar-refractivity contribution in [3.8, 4) is 5.69 Å². The second kappa shape index (κ2) is 5.06. The molecule has 0 bridgehead atoms. The fraction of sp³-hybridized carbons (Fsp3) is 0.500. The predicted octanol–water partition coefficient (Wildman–Crippen LogP) is 2.50. The molecule has 1 aromatic heterocycles. The average molecular weight is 289 g/mol. The fourth-order valence-electron chi connectivity index (χ4n) is 2.97. The van der Waals surface area contributed by atoms with E-state index in [1.165, 1.54) is 9.25 Å². The molecule has 1 aromatic carbocycles. The lowest BCUT2D eigenvalue weighted by Crippen LogP contribution is -2.40. The molecular weight excluding hydrogens is 266 g/mol. The van der Waals surface area contributed by atoms with E-state index in [0.717, 1.165) is 6.42 Å². The molecule has 114 valence electrons. The summed E-state index contributed by atoms with van der Waals surface area (Å²) in [4.78, 5) is 24.8. The van der Waals surface area contributed by atoms with Crippen LogP contribution in [0, 0.1) is 5.41 Å². The van der Waals surface area contributed by atoms with Crippen LogP contribution in [-0.4, -0.2) is 14.3 Å². The van der Waals surface area contributed by atoms with Crippen molar-refractivity contribution in [2.75, 3.05) is 0 Å². The van der Waals surface area contributed by atoms with Gasteiger partial charge in [0, 0.05) is 0 Å². The molecule has 0 atom stereocenters. The largest absolute Gasteiger partial charge is 0.352 e. The first-order valence-electron chi connectivity index (χ1n) is 7.12. The molecule has 2 aromatic rings. The number of aromatic amines is 1. The number of aromatic nitrogens is 3. The molecule has 0 amide bonds. The predicted molar refractivity (Wildman–Crippen MR) is 84.0 cm³/mol. The molecule has 0 unspecified atom stereocenters. The highest BCUT2D eigenvalue weighted by atomic mass is 16.2. The number of rotatable bonds is 3. The smallest absolute Gasteiger partial charge is 0.246 e. The molecule has 0 spiro atoms. The zero-order chi connectivity index (χ0) is 15.8. The Bertz CT molecular complexity index is 727. The number of nitrogens with zero attached hydrogens (tertiary/aromatic N) is 2. The van der Waals surface area contributed by atoms with Crippen molar-refractivity contribution in [1.82, 2.24) is 14.3 Å². The van der Waals surface area contributed by atoms with Gasteiger partial charge in [-0.3, -0.25) is 0 Å². The van der Waals surface area contributed by atoms with E-state index in [1.54, 1.807) is 24.3 Å². The Hall–Kier alpha value is -2.04. The molecule has 5 heteroatoms. The van der Waals surface area contributed by atoms with E-state index >= 15 is 0 Å². The van der Waals surface area contributed by atoms with Gasteiger partial charge in [0.05, 0.1) is 11.2 Å². The summed E-state index contributed by atoms with van der Waals surface area (Å²) in [7, 11) is 0. The van der Waals surface area contributed by atoms with Gasteiger partial charge in [-0.05, 0) is 37.8 Å². The summed E-state index contributed by atoms with van der Waals surface area (Å²) in [5.74, 6) is 0. The van der Waals surface area contributed by atoms with E-state index in [2.05, 4.69) is 25.9 Å². The Morgan fingerprint density at radius 1 is 1.00 bits per heavy atom. The number of hydrogen-bond donors (Lipinski definition) is 1. The summed E-state index contributed by atoms with van der Waals surface area (Å²) < 4.78 is 2.61. The first-order chi connectivity index (χ1) is 9.62. The third kappa shape index (κ3) is 3.17. The van der Waals surface area contributed by atoms with Gasteiger partial charge in [0.1, 0.15) is 0 Å². The molecule has 1 heterocycles. The summed E-state index contributed by atoms with van der Waals surface area (Å²) in [6.45, 7) is 10.3. The van der Waals surface area contributed by atoms with Crippen LogP contribution < -0.4 is 11.4 Å². The minimum absolute atomic E-state index is 0.0503. The Balaban J connectivity index is 2.55.